The maximum atomic E-state index is 13.2. The Morgan fingerprint density at radius 3 is 2.47 bits per heavy atom. The molecule has 2 aromatic carbocycles. The first-order chi connectivity index (χ1) is 33.5. The van der Waals surface area contributed by atoms with Crippen molar-refractivity contribution in [2.75, 3.05) is 42.6 Å². The summed E-state index contributed by atoms with van der Waals surface area (Å²) < 4.78 is 98.0. The first kappa shape index (κ1) is 53.2. The number of phosphoric acid groups is 3. The zero-order chi connectivity index (χ0) is 52.3. The number of nitrogens with one attached hydrogen (secondary N) is 1. The molecule has 1 amide bonds. The zero-order valence-electron chi connectivity index (χ0n) is 39.9. The lowest BCUT2D eigenvalue weighted by molar-refractivity contribution is -0.120. The molecule has 1 fully saturated rings. The van der Waals surface area contributed by atoms with Gasteiger partial charge in [-0.1, -0.05) is 17.9 Å². The van der Waals surface area contributed by atoms with E-state index in [1.165, 1.54) is 6.33 Å². The van der Waals surface area contributed by atoms with Crippen LogP contribution < -0.4 is 36.0 Å². The Bertz CT molecular complexity index is 3430. The van der Waals surface area contributed by atoms with Crippen LogP contribution in [0.25, 0.3) is 22.2 Å². The minimum Gasteiger partial charge on any atom is -0.452 e. The Kier molecular flexibility index (Phi) is 14.5. The molecule has 386 valence electrons. The number of benzene rings is 2. The fourth-order valence-corrected chi connectivity index (χ4v) is 13.3. The van der Waals surface area contributed by atoms with E-state index in [4.69, 9.17) is 34.5 Å². The molecule has 1 saturated heterocycles. The average Bonchev–Trinajstić information content (AvgIpc) is 3.87. The number of phosphoric ester groups is 1. The molecule has 2 aromatic heterocycles. The van der Waals surface area contributed by atoms with Crippen LogP contribution in [0.15, 0.2) is 53.9 Å². The third-order valence-corrected chi connectivity index (χ3v) is 16.8. The average molecular weight is 1080 g/mol. The van der Waals surface area contributed by atoms with Crippen LogP contribution in [0.2, 0.25) is 0 Å². The molecule has 4 aliphatic heterocycles. The number of hydrogen-bond acceptors (Lipinski definition) is 16. The fraction of sp³-hybridized carbons (Fsp3) is 0.432. The van der Waals surface area contributed by atoms with E-state index < -0.39 is 63.8 Å². The second-order valence-corrected chi connectivity index (χ2v) is 24.5. The minimum atomic E-state index is -5.69. The number of anilines is 2. The number of fused-ring (bicyclic) bond motifs is 5. The lowest BCUT2D eigenvalue weighted by atomic mass is 9.88. The van der Waals surface area contributed by atoms with Gasteiger partial charge in [0.2, 0.25) is 11.3 Å². The Labute approximate surface area is 413 Å². The van der Waals surface area contributed by atoms with Gasteiger partial charge in [0.1, 0.15) is 47.4 Å². The molecule has 8 N–H and O–H groups in total. The van der Waals surface area contributed by atoms with Gasteiger partial charge in [0, 0.05) is 56.7 Å². The van der Waals surface area contributed by atoms with Crippen molar-refractivity contribution in [3.63, 3.8) is 0 Å². The molecule has 8 rings (SSSR count). The lowest BCUT2D eigenvalue weighted by Gasteiger charge is -2.43. The number of amides is 1. The number of nitrogens with zero attached hydrogens (tertiary/aromatic N) is 6. The Morgan fingerprint density at radius 2 is 1.76 bits per heavy atom. The first-order valence-electron chi connectivity index (χ1n) is 22.5. The standard InChI is InChI=1S/C44H53N8O16P3S/c1-7-51-34-18-36-32(16-30(34)26(2)20-43(51,3)4)49-33-17-31-28(24-72(61,62)63)21-44(5,6)52(35(31)19-37(33)66-36)15-9-11-38(53)46-14-8-10-27-22-50(42-40(27)41(45)47-25-48-42)39-13-12-29(65-39)23-64-70(57,58)68-71(59,60)67-69(54,55)56/h16-22,25,29,39H,7,9,11-15,23-24H2,1-6H3,(H7-,45,46,47,48,53,54,55,56,57,58,59,60,61,62,63)/p+1/t29-,39+/m0/s1. The number of rotatable bonds is 16. The van der Waals surface area contributed by atoms with Gasteiger partial charge in [-0.05, 0) is 69.9 Å². The third-order valence-electron chi connectivity index (χ3n) is 12.4. The van der Waals surface area contributed by atoms with Crippen molar-refractivity contribution >= 4 is 78.9 Å². The van der Waals surface area contributed by atoms with Gasteiger partial charge in [-0.25, -0.2) is 33.2 Å². The third kappa shape index (κ3) is 11.8. The highest BCUT2D eigenvalue weighted by Gasteiger charge is 2.42. The van der Waals surface area contributed by atoms with Crippen molar-refractivity contribution in [2.24, 2.45) is 4.99 Å². The highest BCUT2D eigenvalue weighted by molar-refractivity contribution is 7.86. The van der Waals surface area contributed by atoms with Crippen LogP contribution in [0, 0.1) is 11.8 Å². The van der Waals surface area contributed by atoms with Gasteiger partial charge in [-0.15, -0.1) is 0 Å². The van der Waals surface area contributed by atoms with Gasteiger partial charge < -0.3 is 49.6 Å². The first-order valence-corrected chi connectivity index (χ1v) is 28.6. The molecule has 72 heavy (non-hydrogen) atoms. The van der Waals surface area contributed by atoms with E-state index in [1.54, 1.807) is 22.9 Å². The summed E-state index contributed by atoms with van der Waals surface area (Å²) in [6.07, 6.45) is 6.43. The molecule has 0 spiro atoms. The Hall–Kier alpha value is -5.15. The molecule has 4 aliphatic rings. The monoisotopic (exact) mass is 1080 g/mol. The van der Waals surface area contributed by atoms with Gasteiger partial charge in [-0.3, -0.25) is 13.9 Å². The number of carbonyl (C=O) groups excluding carboxylic acids is 1. The molecule has 0 bridgehead atoms. The molecular formula is C44H54N8O16P3S+. The van der Waals surface area contributed by atoms with Gasteiger partial charge in [0.15, 0.2) is 17.0 Å². The molecule has 0 aliphatic carbocycles. The van der Waals surface area contributed by atoms with E-state index in [-0.39, 0.29) is 36.7 Å². The number of ether oxygens (including phenoxy) is 2. The highest BCUT2D eigenvalue weighted by Crippen LogP contribution is 2.66. The maximum Gasteiger partial charge on any atom is 0.490 e. The number of carbonyl (C=O) groups is 1. The number of likely N-dealkylation sites (N-methyl/N-ethyl adjacent to an activating group) is 1. The number of allylic oxidation sites excluding steroid dienone is 1. The number of aromatic nitrogens is 3. The Morgan fingerprint density at radius 1 is 1.01 bits per heavy atom. The van der Waals surface area contributed by atoms with Crippen molar-refractivity contribution in [1.29, 1.82) is 0 Å². The zero-order valence-corrected chi connectivity index (χ0v) is 43.4. The molecule has 6 heterocycles. The van der Waals surface area contributed by atoms with Crippen molar-refractivity contribution in [1.82, 2.24) is 24.4 Å². The molecular weight excluding hydrogens is 1020 g/mol. The second-order valence-electron chi connectivity index (χ2n) is 18.6. The fourth-order valence-electron chi connectivity index (χ4n) is 9.60. The summed E-state index contributed by atoms with van der Waals surface area (Å²) in [4.78, 5) is 65.7. The van der Waals surface area contributed by atoms with Crippen LogP contribution in [-0.4, -0.2) is 102 Å². The summed E-state index contributed by atoms with van der Waals surface area (Å²) in [5.41, 5.74) is 10.8. The topological polar surface area (TPSA) is 337 Å². The quantitative estimate of drug-likeness (QED) is 0.0307. The molecule has 0 saturated carbocycles. The van der Waals surface area contributed by atoms with Gasteiger partial charge in [-0.2, -0.15) is 17.0 Å². The van der Waals surface area contributed by atoms with E-state index >= 15 is 0 Å². The summed E-state index contributed by atoms with van der Waals surface area (Å²) in [6, 6.07) is 7.64. The maximum absolute atomic E-state index is 13.2. The van der Waals surface area contributed by atoms with Crippen molar-refractivity contribution < 1.29 is 73.7 Å². The van der Waals surface area contributed by atoms with Crippen LogP contribution in [-0.2, 0) is 46.5 Å². The predicted molar refractivity (Wildman–Crippen MR) is 263 cm³/mol. The van der Waals surface area contributed by atoms with Crippen LogP contribution in [0.1, 0.15) is 90.1 Å². The van der Waals surface area contributed by atoms with Crippen molar-refractivity contribution in [2.45, 2.75) is 90.6 Å². The lowest BCUT2D eigenvalue weighted by Crippen LogP contribution is -2.50. The molecule has 24 nitrogen and oxygen atoms in total. The van der Waals surface area contributed by atoms with E-state index in [0.717, 1.165) is 23.4 Å². The number of nitrogen functional groups attached to an aromatic ring is 1. The summed E-state index contributed by atoms with van der Waals surface area (Å²) in [6.45, 7) is 12.8. The van der Waals surface area contributed by atoms with Crippen LogP contribution >= 0.6 is 23.5 Å². The molecule has 28 heteroatoms. The van der Waals surface area contributed by atoms with E-state index in [1.807, 2.05) is 32.0 Å². The largest absolute Gasteiger partial charge is 0.490 e. The van der Waals surface area contributed by atoms with Gasteiger partial charge in [0.05, 0.1) is 47.4 Å². The number of hydrogen-bond donors (Lipinski definition) is 7. The van der Waals surface area contributed by atoms with E-state index in [9.17, 15) is 41.2 Å². The number of nitrogens with two attached hydrogens (primary N) is 1. The smallest absolute Gasteiger partial charge is 0.452 e. The van der Waals surface area contributed by atoms with Crippen molar-refractivity contribution in [3.05, 3.63) is 76.3 Å². The SMILES string of the molecule is CCN1c2cc3c(cc2C(C)=CC1(C)C)N=c1cc2c(cc1O3)=[N+](CCCC(=O)NCC#Cc1cn([C@H]3CC[C@@H](COP(=O)(O)OP(=O)(O)OP(=O)(O)O)O3)c3ncnc(N)c13)C(C)(C)C=C2CS(=O)(=O)O. The second kappa shape index (κ2) is 19.6. The van der Waals surface area contributed by atoms with Gasteiger partial charge in [0.25, 0.3) is 10.1 Å². The minimum absolute atomic E-state index is 0.0392. The van der Waals surface area contributed by atoms with Crippen molar-refractivity contribution in [3.8, 4) is 23.3 Å². The summed E-state index contributed by atoms with van der Waals surface area (Å²) >= 11 is 0. The van der Waals surface area contributed by atoms with Crippen LogP contribution in [0.5, 0.6) is 11.5 Å². The molecule has 4 atom stereocenters. The Balaban J connectivity index is 0.949. The normalized spacial score (nSPS) is 20.5. The van der Waals surface area contributed by atoms with Crippen LogP contribution in [0.4, 0.5) is 17.2 Å². The molecule has 0 radical (unpaired) electrons. The summed E-state index contributed by atoms with van der Waals surface area (Å²) in [5.74, 6) is 6.20. The highest BCUT2D eigenvalue weighted by atomic mass is 32.2. The van der Waals surface area contributed by atoms with Crippen LogP contribution in [0.3, 0.4) is 0 Å². The summed E-state index contributed by atoms with van der Waals surface area (Å²) in [7, 11) is -21.0. The van der Waals surface area contributed by atoms with E-state index in [2.05, 4.69) is 79.0 Å². The molecule has 4 aromatic rings. The van der Waals surface area contributed by atoms with E-state index in [0.29, 0.717) is 75.0 Å². The predicted octanol–water partition coefficient (Wildman–Crippen LogP) is 4.62. The van der Waals surface area contributed by atoms with Gasteiger partial charge >= 0.3 is 23.5 Å². The molecule has 2 unspecified atom stereocenters. The summed E-state index contributed by atoms with van der Waals surface area (Å²) in [5, 5.41) is 4.37.